The lowest BCUT2D eigenvalue weighted by molar-refractivity contribution is -0.198. The second-order valence-corrected chi connectivity index (χ2v) is 3.88. The number of anilines is 2. The van der Waals surface area contributed by atoms with E-state index in [1.54, 1.807) is 0 Å². The highest BCUT2D eigenvalue weighted by Crippen LogP contribution is 2.20. The average Bonchev–Trinajstić information content (AvgIpc) is 2.34. The van der Waals surface area contributed by atoms with Crippen molar-refractivity contribution in [3.8, 4) is 0 Å². The smallest absolute Gasteiger partial charge is 0.382 e. The number of rotatable bonds is 6. The van der Waals surface area contributed by atoms with Gasteiger partial charge < -0.3 is 15.7 Å². The Balaban J connectivity index is 2.74. The van der Waals surface area contributed by atoms with Crippen molar-refractivity contribution < 1.29 is 18.3 Å². The fourth-order valence-corrected chi connectivity index (χ4v) is 1.33. The van der Waals surface area contributed by atoms with Gasteiger partial charge in [0, 0.05) is 19.0 Å². The summed E-state index contributed by atoms with van der Waals surface area (Å²) in [4.78, 5) is 8.22. The molecule has 0 saturated carbocycles. The molecule has 0 spiro atoms. The zero-order valence-electron chi connectivity index (χ0n) is 10.8. The van der Waals surface area contributed by atoms with E-state index >= 15 is 0 Å². The van der Waals surface area contributed by atoms with Crippen molar-refractivity contribution >= 4 is 11.6 Å². The molecule has 0 amide bonds. The molecule has 3 N–H and O–H groups in total. The fraction of sp³-hybridized carbons (Fsp3) is 0.636. The Hall–Kier alpha value is -1.57. The van der Waals surface area contributed by atoms with E-state index in [0.29, 0.717) is 24.6 Å². The Bertz CT molecular complexity index is 411. The van der Waals surface area contributed by atoms with Gasteiger partial charge in [-0.25, -0.2) is 9.97 Å². The summed E-state index contributed by atoms with van der Waals surface area (Å²) in [6, 6.07) is 1.51. The molecule has 5 nitrogen and oxygen atoms in total. The Morgan fingerprint density at radius 1 is 1.21 bits per heavy atom. The molecule has 0 aliphatic heterocycles. The lowest BCUT2D eigenvalue weighted by Crippen LogP contribution is -2.35. The third-order valence-electron chi connectivity index (χ3n) is 2.30. The molecule has 0 aliphatic carbocycles. The molecule has 1 unspecified atom stereocenters. The number of hydrogen-bond donors (Lipinski definition) is 3. The highest BCUT2D eigenvalue weighted by molar-refractivity contribution is 5.47. The van der Waals surface area contributed by atoms with E-state index in [4.69, 9.17) is 5.11 Å². The van der Waals surface area contributed by atoms with Gasteiger partial charge in [0.05, 0.1) is 6.54 Å². The SMILES string of the molecule is CCNc1cc(NCC(O)C(F)(F)F)nc(CC)n1. The summed E-state index contributed by atoms with van der Waals surface area (Å²) in [7, 11) is 0. The van der Waals surface area contributed by atoms with Crippen LogP contribution in [0.15, 0.2) is 6.07 Å². The molecular weight excluding hydrogens is 261 g/mol. The fourth-order valence-electron chi connectivity index (χ4n) is 1.33. The van der Waals surface area contributed by atoms with Crippen molar-refractivity contribution in [3.63, 3.8) is 0 Å². The number of hydrogen-bond acceptors (Lipinski definition) is 5. The molecule has 0 saturated heterocycles. The van der Waals surface area contributed by atoms with E-state index in [1.165, 1.54) is 6.07 Å². The number of nitrogens with zero attached hydrogens (tertiary/aromatic N) is 2. The summed E-state index contributed by atoms with van der Waals surface area (Å²) < 4.78 is 36.5. The van der Waals surface area contributed by atoms with Gasteiger partial charge in [0.25, 0.3) is 0 Å². The maximum Gasteiger partial charge on any atom is 0.416 e. The molecular formula is C11H17F3N4O. The van der Waals surface area contributed by atoms with Crippen LogP contribution in [-0.4, -0.2) is 40.4 Å². The Labute approximate surface area is 109 Å². The molecule has 8 heteroatoms. The summed E-state index contributed by atoms with van der Waals surface area (Å²) in [5.74, 6) is 1.31. The predicted molar refractivity (Wildman–Crippen MR) is 66.1 cm³/mol. The highest BCUT2D eigenvalue weighted by Gasteiger charge is 2.37. The zero-order chi connectivity index (χ0) is 14.5. The minimum Gasteiger partial charge on any atom is -0.382 e. The van der Waals surface area contributed by atoms with Crippen LogP contribution in [0.25, 0.3) is 0 Å². The van der Waals surface area contributed by atoms with Crippen molar-refractivity contribution in [2.45, 2.75) is 32.5 Å². The van der Waals surface area contributed by atoms with Gasteiger partial charge in [0.2, 0.25) is 0 Å². The van der Waals surface area contributed by atoms with Gasteiger partial charge in [0.1, 0.15) is 17.5 Å². The van der Waals surface area contributed by atoms with Crippen LogP contribution in [-0.2, 0) is 6.42 Å². The molecule has 1 heterocycles. The number of halogens is 3. The molecule has 19 heavy (non-hydrogen) atoms. The van der Waals surface area contributed by atoms with E-state index in [0.717, 1.165) is 0 Å². The van der Waals surface area contributed by atoms with Gasteiger partial charge >= 0.3 is 6.18 Å². The first kappa shape index (κ1) is 15.5. The first-order chi connectivity index (χ1) is 8.86. The summed E-state index contributed by atoms with van der Waals surface area (Å²) in [6.07, 6.45) is -6.50. The minimum absolute atomic E-state index is 0.256. The lowest BCUT2D eigenvalue weighted by atomic mass is 10.3. The molecule has 0 bridgehead atoms. The molecule has 1 atom stereocenters. The van der Waals surface area contributed by atoms with Crippen LogP contribution >= 0.6 is 0 Å². The van der Waals surface area contributed by atoms with Crippen LogP contribution < -0.4 is 10.6 Å². The summed E-state index contributed by atoms with van der Waals surface area (Å²) in [5.41, 5.74) is 0. The molecule has 108 valence electrons. The maximum atomic E-state index is 12.2. The second-order valence-electron chi connectivity index (χ2n) is 3.88. The predicted octanol–water partition coefficient (Wildman–Crippen LogP) is 1.81. The van der Waals surface area contributed by atoms with Gasteiger partial charge in [-0.2, -0.15) is 13.2 Å². The molecule has 1 rings (SSSR count). The number of nitrogens with one attached hydrogen (secondary N) is 2. The Morgan fingerprint density at radius 2 is 1.79 bits per heavy atom. The average molecular weight is 278 g/mol. The number of aryl methyl sites for hydroxylation is 1. The van der Waals surface area contributed by atoms with E-state index in [-0.39, 0.29) is 5.82 Å². The third kappa shape index (κ3) is 4.90. The van der Waals surface area contributed by atoms with Crippen LogP contribution in [0.2, 0.25) is 0 Å². The molecule has 0 fully saturated rings. The first-order valence-electron chi connectivity index (χ1n) is 5.97. The normalized spacial score (nSPS) is 13.2. The number of aromatic nitrogens is 2. The van der Waals surface area contributed by atoms with Gasteiger partial charge in [-0.3, -0.25) is 0 Å². The third-order valence-corrected chi connectivity index (χ3v) is 2.30. The van der Waals surface area contributed by atoms with Gasteiger partial charge in [0.15, 0.2) is 6.10 Å². The van der Waals surface area contributed by atoms with Crippen molar-refractivity contribution in [2.24, 2.45) is 0 Å². The molecule has 0 aromatic carbocycles. The van der Waals surface area contributed by atoms with Crippen molar-refractivity contribution in [1.29, 1.82) is 0 Å². The Morgan fingerprint density at radius 3 is 2.26 bits per heavy atom. The van der Waals surface area contributed by atoms with E-state index in [9.17, 15) is 13.2 Å². The van der Waals surface area contributed by atoms with Crippen LogP contribution in [0.1, 0.15) is 19.7 Å². The summed E-state index contributed by atoms with van der Waals surface area (Å²) in [6.45, 7) is 3.73. The quantitative estimate of drug-likeness (QED) is 0.740. The van der Waals surface area contributed by atoms with Crippen LogP contribution in [0.5, 0.6) is 0 Å². The van der Waals surface area contributed by atoms with Crippen LogP contribution in [0.3, 0.4) is 0 Å². The van der Waals surface area contributed by atoms with Crippen molar-refractivity contribution in [2.75, 3.05) is 23.7 Å². The van der Waals surface area contributed by atoms with E-state index in [1.807, 2.05) is 13.8 Å². The molecule has 0 radical (unpaired) electrons. The van der Waals surface area contributed by atoms with E-state index in [2.05, 4.69) is 20.6 Å². The number of alkyl halides is 3. The Kier molecular flexibility index (Phi) is 5.34. The zero-order valence-corrected chi connectivity index (χ0v) is 10.8. The molecule has 1 aromatic heterocycles. The largest absolute Gasteiger partial charge is 0.416 e. The van der Waals surface area contributed by atoms with Gasteiger partial charge in [-0.1, -0.05) is 6.92 Å². The topological polar surface area (TPSA) is 70.1 Å². The monoisotopic (exact) mass is 278 g/mol. The number of aliphatic hydroxyl groups excluding tert-OH is 1. The van der Waals surface area contributed by atoms with E-state index < -0.39 is 18.8 Å². The second kappa shape index (κ2) is 6.55. The summed E-state index contributed by atoms with van der Waals surface area (Å²) >= 11 is 0. The van der Waals surface area contributed by atoms with Crippen molar-refractivity contribution in [3.05, 3.63) is 11.9 Å². The standard InChI is InChI=1S/C11H17F3N4O/c1-3-8-17-9(15-4-2)5-10(18-8)16-6-7(19)11(12,13)14/h5,7,19H,3-4,6H2,1-2H3,(H2,15,16,17,18). The van der Waals surface area contributed by atoms with Crippen LogP contribution in [0.4, 0.5) is 24.8 Å². The maximum absolute atomic E-state index is 12.2. The summed E-state index contributed by atoms with van der Waals surface area (Å²) in [5, 5.41) is 14.3. The van der Waals surface area contributed by atoms with Gasteiger partial charge in [-0.15, -0.1) is 0 Å². The first-order valence-corrected chi connectivity index (χ1v) is 5.97. The highest BCUT2D eigenvalue weighted by atomic mass is 19.4. The number of aliphatic hydroxyl groups is 1. The molecule has 0 aliphatic rings. The minimum atomic E-state index is -4.64. The van der Waals surface area contributed by atoms with Crippen molar-refractivity contribution in [1.82, 2.24) is 9.97 Å². The van der Waals surface area contributed by atoms with Crippen LogP contribution in [0, 0.1) is 0 Å². The molecule has 1 aromatic rings. The van der Waals surface area contributed by atoms with Gasteiger partial charge in [-0.05, 0) is 6.92 Å². The lowest BCUT2D eigenvalue weighted by Gasteiger charge is -2.16.